The lowest BCUT2D eigenvalue weighted by molar-refractivity contribution is 0.332. The summed E-state index contributed by atoms with van der Waals surface area (Å²) in [6, 6.07) is 34.9. The Labute approximate surface area is 230 Å². The smallest absolute Gasteiger partial charge is 0.285 e. The number of guanidine groups is 1. The lowest BCUT2D eigenvalue weighted by atomic mass is 10.0. The van der Waals surface area contributed by atoms with E-state index in [0.29, 0.717) is 30.6 Å². The largest absolute Gasteiger partial charge is 0.335 e. The fourth-order valence-corrected chi connectivity index (χ4v) is 5.89. The van der Waals surface area contributed by atoms with E-state index < -0.39 is 10.0 Å². The minimum absolute atomic E-state index is 0.0204. The first kappa shape index (κ1) is 26.0. The Hall–Kier alpha value is -3.61. The molecule has 0 bridgehead atoms. The van der Waals surface area contributed by atoms with Gasteiger partial charge in [-0.3, -0.25) is 0 Å². The Morgan fingerprint density at radius 1 is 0.763 bits per heavy atom. The van der Waals surface area contributed by atoms with Crippen molar-refractivity contribution in [2.24, 2.45) is 4.40 Å². The molecule has 0 amide bonds. The molecule has 194 valence electrons. The minimum Gasteiger partial charge on any atom is -0.335 e. The summed E-state index contributed by atoms with van der Waals surface area (Å²) in [5.74, 6) is 0.470. The van der Waals surface area contributed by atoms with Gasteiger partial charge in [0.1, 0.15) is 0 Å². The number of hydrogen-bond acceptors (Lipinski definition) is 2. The molecule has 1 aliphatic heterocycles. The molecule has 0 aliphatic carbocycles. The van der Waals surface area contributed by atoms with Gasteiger partial charge in [-0.05, 0) is 54.3 Å². The molecule has 7 heteroatoms. The predicted molar refractivity (Wildman–Crippen MR) is 154 cm³/mol. The van der Waals surface area contributed by atoms with Gasteiger partial charge in [0.25, 0.3) is 10.0 Å². The van der Waals surface area contributed by atoms with Crippen LogP contribution in [0.15, 0.2) is 118 Å². The zero-order valence-electron chi connectivity index (χ0n) is 21.2. The van der Waals surface area contributed by atoms with Gasteiger partial charge in [0, 0.05) is 24.7 Å². The molecule has 0 N–H and O–H groups in total. The van der Waals surface area contributed by atoms with Gasteiger partial charge in [-0.2, -0.15) is 8.42 Å². The molecule has 0 spiro atoms. The van der Waals surface area contributed by atoms with E-state index in [9.17, 15) is 8.42 Å². The first-order valence-corrected chi connectivity index (χ1v) is 14.4. The molecule has 0 aromatic heterocycles. The molecule has 4 aromatic rings. The number of halogens is 1. The van der Waals surface area contributed by atoms with Crippen molar-refractivity contribution < 1.29 is 8.42 Å². The molecule has 1 aliphatic rings. The normalized spacial score (nSPS) is 16.8. The highest BCUT2D eigenvalue weighted by atomic mass is 35.5. The van der Waals surface area contributed by atoms with Gasteiger partial charge >= 0.3 is 0 Å². The van der Waals surface area contributed by atoms with Crippen LogP contribution in [0.4, 0.5) is 0 Å². The standard InChI is InChI=1S/C31H30ClN3O2S/c1-24-12-18-30(19-13-24)38(36,37)33-31-34(21-26-8-4-2-5-9-26)23-29(20-25-14-16-28(32)17-15-25)35(31)22-27-10-6-3-7-11-27/h2-19,29H,20-23H2,1H3/b33-31+. The van der Waals surface area contributed by atoms with Crippen LogP contribution in [0.2, 0.25) is 5.02 Å². The number of aryl methyl sites for hydroxylation is 1. The maximum absolute atomic E-state index is 13.5. The Morgan fingerprint density at radius 3 is 1.95 bits per heavy atom. The van der Waals surface area contributed by atoms with Crippen LogP contribution >= 0.6 is 11.6 Å². The van der Waals surface area contributed by atoms with Gasteiger partial charge in [-0.25, -0.2) is 0 Å². The lowest BCUT2D eigenvalue weighted by Crippen LogP contribution is -2.37. The van der Waals surface area contributed by atoms with E-state index in [4.69, 9.17) is 11.6 Å². The van der Waals surface area contributed by atoms with E-state index in [2.05, 4.69) is 38.5 Å². The van der Waals surface area contributed by atoms with Crippen LogP contribution in [-0.2, 0) is 29.5 Å². The quantitative estimate of drug-likeness (QED) is 0.261. The fourth-order valence-electron chi connectivity index (χ4n) is 4.75. The number of rotatable bonds is 8. The summed E-state index contributed by atoms with van der Waals surface area (Å²) in [6.45, 7) is 3.69. The lowest BCUT2D eigenvalue weighted by Gasteiger charge is -2.26. The van der Waals surface area contributed by atoms with E-state index in [1.54, 1.807) is 24.3 Å². The van der Waals surface area contributed by atoms with E-state index >= 15 is 0 Å². The van der Waals surface area contributed by atoms with Crippen LogP contribution in [0.3, 0.4) is 0 Å². The molecule has 0 radical (unpaired) electrons. The molecular formula is C31H30ClN3O2S. The Bertz CT molecular complexity index is 1490. The summed E-state index contributed by atoms with van der Waals surface area (Å²) < 4.78 is 31.6. The van der Waals surface area contributed by atoms with Crippen molar-refractivity contribution in [2.45, 2.75) is 37.4 Å². The van der Waals surface area contributed by atoms with Gasteiger partial charge in [-0.15, -0.1) is 4.40 Å². The second-order valence-corrected chi connectivity index (χ2v) is 11.7. The Balaban J connectivity index is 1.57. The zero-order chi connectivity index (χ0) is 26.5. The third-order valence-electron chi connectivity index (χ3n) is 6.73. The molecule has 1 unspecified atom stereocenters. The van der Waals surface area contributed by atoms with Gasteiger partial charge < -0.3 is 9.80 Å². The molecule has 1 fully saturated rings. The van der Waals surface area contributed by atoms with Crippen molar-refractivity contribution in [3.8, 4) is 0 Å². The number of benzene rings is 4. The van der Waals surface area contributed by atoms with Crippen molar-refractivity contribution >= 4 is 27.6 Å². The van der Waals surface area contributed by atoms with Crippen LogP contribution in [0.5, 0.6) is 0 Å². The third-order valence-corrected chi connectivity index (χ3v) is 8.25. The Morgan fingerprint density at radius 2 is 1.34 bits per heavy atom. The summed E-state index contributed by atoms with van der Waals surface area (Å²) in [5.41, 5.74) is 4.33. The van der Waals surface area contributed by atoms with Crippen molar-refractivity contribution in [2.75, 3.05) is 6.54 Å². The monoisotopic (exact) mass is 543 g/mol. The van der Waals surface area contributed by atoms with Crippen molar-refractivity contribution in [1.82, 2.24) is 9.80 Å². The maximum Gasteiger partial charge on any atom is 0.285 e. The molecule has 1 heterocycles. The van der Waals surface area contributed by atoms with E-state index in [-0.39, 0.29) is 10.9 Å². The van der Waals surface area contributed by atoms with E-state index in [0.717, 1.165) is 28.7 Å². The van der Waals surface area contributed by atoms with Gasteiger partial charge in [0.15, 0.2) is 0 Å². The Kier molecular flexibility index (Phi) is 7.82. The summed E-state index contributed by atoms with van der Waals surface area (Å²) in [4.78, 5) is 4.42. The highest BCUT2D eigenvalue weighted by Crippen LogP contribution is 2.27. The number of hydrogen-bond donors (Lipinski definition) is 0. The third kappa shape index (κ3) is 6.26. The molecule has 38 heavy (non-hydrogen) atoms. The molecular weight excluding hydrogens is 514 g/mol. The SMILES string of the molecule is Cc1ccc(S(=O)(=O)/N=C2\N(Cc3ccccc3)CC(Cc3ccc(Cl)cc3)N2Cc2ccccc2)cc1. The zero-order valence-corrected chi connectivity index (χ0v) is 22.8. The second kappa shape index (κ2) is 11.4. The molecule has 5 nitrogen and oxygen atoms in total. The summed E-state index contributed by atoms with van der Waals surface area (Å²) >= 11 is 6.14. The predicted octanol–water partition coefficient (Wildman–Crippen LogP) is 6.32. The van der Waals surface area contributed by atoms with Gasteiger partial charge in [-0.1, -0.05) is 102 Å². The molecule has 1 saturated heterocycles. The van der Waals surface area contributed by atoms with Crippen molar-refractivity contribution in [3.05, 3.63) is 136 Å². The van der Waals surface area contributed by atoms with Crippen LogP contribution in [-0.4, -0.2) is 36.8 Å². The topological polar surface area (TPSA) is 53.0 Å². The number of sulfonamides is 1. The highest BCUT2D eigenvalue weighted by Gasteiger charge is 2.37. The highest BCUT2D eigenvalue weighted by molar-refractivity contribution is 7.90. The summed E-state index contributed by atoms with van der Waals surface area (Å²) in [7, 11) is -3.93. The second-order valence-electron chi connectivity index (χ2n) is 9.64. The minimum atomic E-state index is -3.93. The van der Waals surface area contributed by atoms with Gasteiger partial charge in [0.05, 0.1) is 10.9 Å². The van der Waals surface area contributed by atoms with Crippen molar-refractivity contribution in [1.29, 1.82) is 0 Å². The molecule has 4 aromatic carbocycles. The molecule has 5 rings (SSSR count). The summed E-state index contributed by atoms with van der Waals surface area (Å²) in [5, 5.41) is 0.693. The average Bonchev–Trinajstić information content (AvgIpc) is 3.21. The summed E-state index contributed by atoms with van der Waals surface area (Å²) in [6.07, 6.45) is 0.735. The molecule has 1 atom stereocenters. The van der Waals surface area contributed by atoms with Crippen LogP contribution in [0.25, 0.3) is 0 Å². The van der Waals surface area contributed by atoms with Gasteiger partial charge in [0.2, 0.25) is 5.96 Å². The van der Waals surface area contributed by atoms with Crippen LogP contribution < -0.4 is 0 Å². The van der Waals surface area contributed by atoms with Crippen LogP contribution in [0.1, 0.15) is 22.3 Å². The average molecular weight is 544 g/mol. The van der Waals surface area contributed by atoms with Crippen LogP contribution in [0, 0.1) is 6.92 Å². The number of nitrogens with zero attached hydrogens (tertiary/aromatic N) is 3. The first-order valence-electron chi connectivity index (χ1n) is 12.6. The first-order chi connectivity index (χ1) is 18.4. The fraction of sp³-hybridized carbons (Fsp3) is 0.194. The van der Waals surface area contributed by atoms with E-state index in [1.807, 2.05) is 67.6 Å². The maximum atomic E-state index is 13.5. The molecule has 0 saturated carbocycles. The van der Waals surface area contributed by atoms with E-state index in [1.165, 1.54) is 0 Å². The van der Waals surface area contributed by atoms with Crippen molar-refractivity contribution in [3.63, 3.8) is 0 Å².